The Labute approximate surface area is 89.6 Å². The molecule has 1 aliphatic rings. The Balaban J connectivity index is 2.11. The highest BCUT2D eigenvalue weighted by Gasteiger charge is 2.14. The number of Topliss-reactive ketones (excluding diaryl/α,β-unsaturated/α-hetero) is 1. The van der Waals surface area contributed by atoms with Gasteiger partial charge >= 0.3 is 0 Å². The summed E-state index contributed by atoms with van der Waals surface area (Å²) in [5.74, 6) is 0.545. The van der Waals surface area contributed by atoms with E-state index >= 15 is 0 Å². The predicted molar refractivity (Wildman–Crippen MR) is 58.7 cm³/mol. The van der Waals surface area contributed by atoms with E-state index in [0.717, 1.165) is 24.8 Å². The van der Waals surface area contributed by atoms with Crippen molar-refractivity contribution in [3.63, 3.8) is 0 Å². The number of aromatic amines is 1. The number of rotatable bonds is 2. The Hall–Kier alpha value is -1.38. The van der Waals surface area contributed by atoms with Gasteiger partial charge in [-0.05, 0) is 31.3 Å². The summed E-state index contributed by atoms with van der Waals surface area (Å²) in [6.07, 6.45) is 12.2. The second-order valence-corrected chi connectivity index (χ2v) is 3.95. The van der Waals surface area contributed by atoms with Crippen LogP contribution in [0.1, 0.15) is 49.1 Å². The van der Waals surface area contributed by atoms with E-state index in [1.54, 1.807) is 12.4 Å². The first kappa shape index (κ1) is 10.1. The van der Waals surface area contributed by atoms with Gasteiger partial charge in [0.25, 0.3) is 0 Å². The molecule has 0 amide bonds. The summed E-state index contributed by atoms with van der Waals surface area (Å²) in [4.78, 5) is 18.8. The number of H-pyrrole nitrogens is 1. The first-order chi connectivity index (χ1) is 7.38. The van der Waals surface area contributed by atoms with E-state index in [2.05, 4.69) is 16.0 Å². The molecule has 1 N–H and O–H groups in total. The molecule has 0 unspecified atom stereocenters. The summed E-state index contributed by atoms with van der Waals surface area (Å²) < 4.78 is 0. The van der Waals surface area contributed by atoms with Crippen LogP contribution in [0, 0.1) is 0 Å². The van der Waals surface area contributed by atoms with Crippen LogP contribution in [0.5, 0.6) is 0 Å². The molecule has 1 aliphatic carbocycles. The van der Waals surface area contributed by atoms with E-state index in [0.29, 0.717) is 5.82 Å². The Bertz CT molecular complexity index is 352. The molecule has 0 fully saturated rings. The molecule has 1 aromatic rings. The molecule has 0 spiro atoms. The quantitative estimate of drug-likeness (QED) is 0.753. The SMILES string of the molecule is O=C(/C1=C/CCCCCC1)c1ncc[nH]1. The van der Waals surface area contributed by atoms with E-state index in [1.165, 1.54) is 19.3 Å². The fourth-order valence-corrected chi connectivity index (χ4v) is 1.94. The van der Waals surface area contributed by atoms with Gasteiger partial charge in [-0.3, -0.25) is 4.79 Å². The monoisotopic (exact) mass is 204 g/mol. The molecular weight excluding hydrogens is 188 g/mol. The molecule has 0 saturated heterocycles. The normalized spacial score (nSPS) is 21.2. The van der Waals surface area contributed by atoms with Crippen LogP contribution in [0.2, 0.25) is 0 Å². The minimum Gasteiger partial charge on any atom is -0.342 e. The summed E-state index contributed by atoms with van der Waals surface area (Å²) in [6, 6.07) is 0. The standard InChI is InChI=1S/C12H16N2O/c15-11(12-13-8-9-14-12)10-6-4-2-1-3-5-7-10/h6,8-9H,1-5,7H2,(H,13,14)/b10-6+. The molecule has 0 atom stereocenters. The van der Waals surface area contributed by atoms with Gasteiger partial charge in [0.05, 0.1) is 0 Å². The van der Waals surface area contributed by atoms with E-state index in [9.17, 15) is 4.79 Å². The van der Waals surface area contributed by atoms with Crippen LogP contribution in [0.25, 0.3) is 0 Å². The molecule has 0 aromatic carbocycles. The van der Waals surface area contributed by atoms with Crippen LogP contribution in [-0.2, 0) is 0 Å². The number of ketones is 1. The number of nitrogens with zero attached hydrogens (tertiary/aromatic N) is 1. The molecular formula is C12H16N2O. The van der Waals surface area contributed by atoms with Crippen molar-refractivity contribution in [2.45, 2.75) is 38.5 Å². The summed E-state index contributed by atoms with van der Waals surface area (Å²) in [7, 11) is 0. The number of carbonyl (C=O) groups excluding carboxylic acids is 1. The summed E-state index contributed by atoms with van der Waals surface area (Å²) in [5, 5.41) is 0. The molecule has 0 aliphatic heterocycles. The fraction of sp³-hybridized carbons (Fsp3) is 0.500. The minimum absolute atomic E-state index is 0.0712. The van der Waals surface area contributed by atoms with E-state index in [-0.39, 0.29) is 5.78 Å². The van der Waals surface area contributed by atoms with Gasteiger partial charge in [-0.2, -0.15) is 0 Å². The van der Waals surface area contributed by atoms with Crippen LogP contribution in [0.15, 0.2) is 24.0 Å². The van der Waals surface area contributed by atoms with Crippen LogP contribution in [0.4, 0.5) is 0 Å². The molecule has 1 aromatic heterocycles. The van der Waals surface area contributed by atoms with Crippen molar-refractivity contribution in [1.29, 1.82) is 0 Å². The molecule has 2 rings (SSSR count). The van der Waals surface area contributed by atoms with E-state index in [1.807, 2.05) is 0 Å². The highest BCUT2D eigenvalue weighted by atomic mass is 16.1. The second-order valence-electron chi connectivity index (χ2n) is 3.95. The number of hydrogen-bond donors (Lipinski definition) is 1. The number of aromatic nitrogens is 2. The Morgan fingerprint density at radius 2 is 2.13 bits per heavy atom. The zero-order valence-electron chi connectivity index (χ0n) is 8.83. The molecule has 3 nitrogen and oxygen atoms in total. The Morgan fingerprint density at radius 1 is 1.27 bits per heavy atom. The summed E-state index contributed by atoms with van der Waals surface area (Å²) in [5.41, 5.74) is 0.935. The number of imidazole rings is 1. The van der Waals surface area contributed by atoms with Crippen molar-refractivity contribution in [1.82, 2.24) is 9.97 Å². The number of carbonyl (C=O) groups is 1. The average Bonchev–Trinajstić information content (AvgIpc) is 2.68. The first-order valence-corrected chi connectivity index (χ1v) is 5.61. The zero-order valence-corrected chi connectivity index (χ0v) is 8.83. The van der Waals surface area contributed by atoms with E-state index < -0.39 is 0 Å². The third kappa shape index (κ3) is 2.55. The summed E-state index contributed by atoms with van der Waals surface area (Å²) >= 11 is 0. The van der Waals surface area contributed by atoms with E-state index in [4.69, 9.17) is 0 Å². The number of nitrogens with one attached hydrogen (secondary N) is 1. The smallest absolute Gasteiger partial charge is 0.223 e. The van der Waals surface area contributed by atoms with Crippen molar-refractivity contribution in [3.05, 3.63) is 29.9 Å². The van der Waals surface area contributed by atoms with Crippen LogP contribution < -0.4 is 0 Å². The van der Waals surface area contributed by atoms with Crippen molar-refractivity contribution < 1.29 is 4.79 Å². The zero-order chi connectivity index (χ0) is 10.5. The molecule has 80 valence electrons. The topological polar surface area (TPSA) is 45.8 Å². The second kappa shape index (κ2) is 4.91. The van der Waals surface area contributed by atoms with Gasteiger partial charge in [0.1, 0.15) is 0 Å². The lowest BCUT2D eigenvalue weighted by atomic mass is 9.97. The van der Waals surface area contributed by atoms with Gasteiger partial charge in [-0.1, -0.05) is 18.9 Å². The maximum absolute atomic E-state index is 12.0. The molecule has 0 saturated carbocycles. The maximum atomic E-state index is 12.0. The Kier molecular flexibility index (Phi) is 3.33. The average molecular weight is 204 g/mol. The fourth-order valence-electron chi connectivity index (χ4n) is 1.94. The van der Waals surface area contributed by atoms with Gasteiger partial charge in [0.15, 0.2) is 5.82 Å². The lowest BCUT2D eigenvalue weighted by Gasteiger charge is -2.08. The molecule has 0 bridgehead atoms. The third-order valence-electron chi connectivity index (χ3n) is 2.80. The van der Waals surface area contributed by atoms with Crippen molar-refractivity contribution in [2.75, 3.05) is 0 Å². The first-order valence-electron chi connectivity index (χ1n) is 5.61. The lowest BCUT2D eigenvalue weighted by molar-refractivity contribution is 0.102. The molecule has 0 radical (unpaired) electrons. The molecule has 3 heteroatoms. The third-order valence-corrected chi connectivity index (χ3v) is 2.80. The highest BCUT2D eigenvalue weighted by molar-refractivity contribution is 6.06. The lowest BCUT2D eigenvalue weighted by Crippen LogP contribution is -2.07. The largest absolute Gasteiger partial charge is 0.342 e. The van der Waals surface area contributed by atoms with Crippen molar-refractivity contribution in [3.8, 4) is 0 Å². The number of allylic oxidation sites excluding steroid dienone is 2. The summed E-state index contributed by atoms with van der Waals surface area (Å²) in [6.45, 7) is 0. The number of hydrogen-bond acceptors (Lipinski definition) is 2. The van der Waals surface area contributed by atoms with Crippen LogP contribution in [-0.4, -0.2) is 15.8 Å². The molecule has 1 heterocycles. The minimum atomic E-state index is 0.0712. The van der Waals surface area contributed by atoms with Crippen LogP contribution >= 0.6 is 0 Å². The predicted octanol–water partition coefficient (Wildman–Crippen LogP) is 2.87. The van der Waals surface area contributed by atoms with Crippen LogP contribution in [0.3, 0.4) is 0 Å². The van der Waals surface area contributed by atoms with Gasteiger partial charge in [-0.25, -0.2) is 4.98 Å². The van der Waals surface area contributed by atoms with Gasteiger partial charge in [0, 0.05) is 12.4 Å². The Morgan fingerprint density at radius 3 is 2.93 bits per heavy atom. The van der Waals surface area contributed by atoms with Crippen molar-refractivity contribution >= 4 is 5.78 Å². The maximum Gasteiger partial charge on any atom is 0.223 e. The van der Waals surface area contributed by atoms with Gasteiger partial charge < -0.3 is 4.98 Å². The van der Waals surface area contributed by atoms with Gasteiger partial charge in [0.2, 0.25) is 5.78 Å². The van der Waals surface area contributed by atoms with Crippen molar-refractivity contribution in [2.24, 2.45) is 0 Å². The highest BCUT2D eigenvalue weighted by Crippen LogP contribution is 2.19. The molecule has 15 heavy (non-hydrogen) atoms. The van der Waals surface area contributed by atoms with Gasteiger partial charge in [-0.15, -0.1) is 0 Å².